The number of rotatable bonds is 10. The number of hydrogen-bond donors (Lipinski definition) is 2. The fraction of sp³-hybridized carbons (Fsp3) is 0.455. The highest BCUT2D eigenvalue weighted by molar-refractivity contribution is 14.0. The summed E-state index contributed by atoms with van der Waals surface area (Å²) in [5.41, 5.74) is 2.33. The third-order valence-electron chi connectivity index (χ3n) is 4.57. The SMILES string of the molecule is CCNC(=NCCCc1nc(C(C)C)no1)NCCc1ccc(-n2cccn2)cc1.I. The van der Waals surface area contributed by atoms with Crippen molar-refractivity contribution in [1.29, 1.82) is 0 Å². The first-order valence-corrected chi connectivity index (χ1v) is 10.6. The summed E-state index contributed by atoms with van der Waals surface area (Å²) in [7, 11) is 0. The van der Waals surface area contributed by atoms with Gasteiger partial charge in [0.2, 0.25) is 5.89 Å². The van der Waals surface area contributed by atoms with Crippen molar-refractivity contribution in [3.63, 3.8) is 0 Å². The molecule has 8 nitrogen and oxygen atoms in total. The molecule has 1 aromatic carbocycles. The summed E-state index contributed by atoms with van der Waals surface area (Å²) in [5, 5.41) is 14.9. The number of nitrogens with one attached hydrogen (secondary N) is 2. The van der Waals surface area contributed by atoms with Gasteiger partial charge in [-0.05, 0) is 43.5 Å². The van der Waals surface area contributed by atoms with Crippen molar-refractivity contribution in [2.75, 3.05) is 19.6 Å². The van der Waals surface area contributed by atoms with Crippen LogP contribution in [0.1, 0.15) is 50.4 Å². The summed E-state index contributed by atoms with van der Waals surface area (Å²) >= 11 is 0. The van der Waals surface area contributed by atoms with E-state index in [1.54, 1.807) is 6.20 Å². The van der Waals surface area contributed by atoms with Gasteiger partial charge in [0.15, 0.2) is 11.8 Å². The number of hydrogen-bond acceptors (Lipinski definition) is 5. The van der Waals surface area contributed by atoms with Gasteiger partial charge in [-0.2, -0.15) is 10.1 Å². The van der Waals surface area contributed by atoms with Crippen LogP contribution in [0, 0.1) is 0 Å². The largest absolute Gasteiger partial charge is 0.357 e. The maximum Gasteiger partial charge on any atom is 0.226 e. The molecular formula is C22H32IN7O. The van der Waals surface area contributed by atoms with Crippen LogP contribution in [0.25, 0.3) is 5.69 Å². The molecule has 0 aliphatic carbocycles. The summed E-state index contributed by atoms with van der Waals surface area (Å²) in [4.78, 5) is 9.05. The van der Waals surface area contributed by atoms with Gasteiger partial charge in [-0.3, -0.25) is 4.99 Å². The van der Waals surface area contributed by atoms with Crippen LogP contribution in [0.5, 0.6) is 0 Å². The zero-order valence-corrected chi connectivity index (χ0v) is 20.7. The maximum absolute atomic E-state index is 5.28. The first-order valence-electron chi connectivity index (χ1n) is 10.6. The van der Waals surface area contributed by atoms with Gasteiger partial charge in [-0.25, -0.2) is 4.68 Å². The number of benzene rings is 1. The highest BCUT2D eigenvalue weighted by Crippen LogP contribution is 2.11. The lowest BCUT2D eigenvalue weighted by Gasteiger charge is -2.11. The van der Waals surface area contributed by atoms with Crippen LogP contribution in [-0.4, -0.2) is 45.5 Å². The fourth-order valence-electron chi connectivity index (χ4n) is 2.93. The number of aryl methyl sites for hydroxylation is 1. The van der Waals surface area contributed by atoms with Gasteiger partial charge in [-0.1, -0.05) is 31.1 Å². The number of nitrogens with zero attached hydrogens (tertiary/aromatic N) is 5. The predicted molar refractivity (Wildman–Crippen MR) is 133 cm³/mol. The number of aromatic nitrogens is 4. The van der Waals surface area contributed by atoms with Gasteiger partial charge in [0.1, 0.15) is 0 Å². The predicted octanol–water partition coefficient (Wildman–Crippen LogP) is 3.73. The van der Waals surface area contributed by atoms with Crippen LogP contribution in [0.2, 0.25) is 0 Å². The van der Waals surface area contributed by atoms with E-state index in [4.69, 9.17) is 4.52 Å². The van der Waals surface area contributed by atoms with Crippen molar-refractivity contribution in [2.45, 2.75) is 46.0 Å². The molecule has 0 fully saturated rings. The van der Waals surface area contributed by atoms with Crippen LogP contribution in [-0.2, 0) is 12.8 Å². The smallest absolute Gasteiger partial charge is 0.226 e. The minimum Gasteiger partial charge on any atom is -0.357 e. The second-order valence-electron chi connectivity index (χ2n) is 7.36. The van der Waals surface area contributed by atoms with Crippen molar-refractivity contribution >= 4 is 29.9 Å². The Bertz CT molecular complexity index is 904. The average Bonchev–Trinajstić information content (AvgIpc) is 3.44. The van der Waals surface area contributed by atoms with Crippen LogP contribution in [0.4, 0.5) is 0 Å². The molecule has 0 saturated carbocycles. The van der Waals surface area contributed by atoms with E-state index in [2.05, 4.69) is 75.9 Å². The Morgan fingerprint density at radius 1 is 1.16 bits per heavy atom. The van der Waals surface area contributed by atoms with Gasteiger partial charge in [0, 0.05) is 44.4 Å². The van der Waals surface area contributed by atoms with E-state index in [0.717, 1.165) is 49.8 Å². The maximum atomic E-state index is 5.28. The summed E-state index contributed by atoms with van der Waals surface area (Å²) < 4.78 is 7.14. The number of aliphatic imine (C=N–C) groups is 1. The molecule has 2 aromatic heterocycles. The Labute approximate surface area is 200 Å². The molecule has 168 valence electrons. The molecule has 0 atom stereocenters. The Balaban J connectivity index is 0.00000341. The molecule has 0 radical (unpaired) electrons. The van der Waals surface area contributed by atoms with Crippen molar-refractivity contribution < 1.29 is 4.52 Å². The van der Waals surface area contributed by atoms with E-state index in [1.807, 2.05) is 16.9 Å². The van der Waals surface area contributed by atoms with E-state index in [9.17, 15) is 0 Å². The molecule has 0 saturated heterocycles. The Morgan fingerprint density at radius 3 is 2.61 bits per heavy atom. The van der Waals surface area contributed by atoms with Crippen molar-refractivity contribution in [2.24, 2.45) is 4.99 Å². The zero-order chi connectivity index (χ0) is 21.2. The molecule has 2 N–H and O–H groups in total. The quantitative estimate of drug-likeness (QED) is 0.177. The van der Waals surface area contributed by atoms with Crippen LogP contribution >= 0.6 is 24.0 Å². The number of halogens is 1. The lowest BCUT2D eigenvalue weighted by molar-refractivity contribution is 0.369. The van der Waals surface area contributed by atoms with Gasteiger partial charge in [0.25, 0.3) is 0 Å². The second kappa shape index (κ2) is 13.1. The van der Waals surface area contributed by atoms with Crippen molar-refractivity contribution in [3.8, 4) is 5.69 Å². The van der Waals surface area contributed by atoms with Gasteiger partial charge in [-0.15, -0.1) is 24.0 Å². The Kier molecular flexibility index (Phi) is 10.5. The molecule has 3 aromatic rings. The molecule has 0 spiro atoms. The van der Waals surface area contributed by atoms with E-state index < -0.39 is 0 Å². The first kappa shape index (κ1) is 24.8. The van der Waals surface area contributed by atoms with E-state index in [0.29, 0.717) is 12.4 Å². The highest BCUT2D eigenvalue weighted by atomic mass is 127. The lowest BCUT2D eigenvalue weighted by Crippen LogP contribution is -2.38. The van der Waals surface area contributed by atoms with E-state index in [-0.39, 0.29) is 29.9 Å². The summed E-state index contributed by atoms with van der Waals surface area (Å²) in [6.45, 7) is 8.52. The zero-order valence-electron chi connectivity index (χ0n) is 18.4. The molecule has 3 rings (SSSR count). The molecule has 31 heavy (non-hydrogen) atoms. The standard InChI is InChI=1S/C22H31N7O.HI/c1-4-23-22(24-13-5-7-20-27-21(17(2)3)28-30-20)25-15-12-18-8-10-19(11-9-18)29-16-6-14-26-29;/h6,8-11,14,16-17H,4-5,7,12-13,15H2,1-3H3,(H2,23,24,25);1H. The van der Waals surface area contributed by atoms with Gasteiger partial charge >= 0.3 is 0 Å². The lowest BCUT2D eigenvalue weighted by atomic mass is 10.1. The second-order valence-corrected chi connectivity index (χ2v) is 7.36. The minimum absolute atomic E-state index is 0. The fourth-order valence-corrected chi connectivity index (χ4v) is 2.93. The van der Waals surface area contributed by atoms with E-state index >= 15 is 0 Å². The molecule has 0 aliphatic rings. The number of guanidine groups is 1. The van der Waals surface area contributed by atoms with Crippen molar-refractivity contribution in [1.82, 2.24) is 30.6 Å². The monoisotopic (exact) mass is 537 g/mol. The Morgan fingerprint density at radius 2 is 1.97 bits per heavy atom. The van der Waals surface area contributed by atoms with E-state index in [1.165, 1.54) is 5.56 Å². The average molecular weight is 537 g/mol. The molecule has 0 amide bonds. The van der Waals surface area contributed by atoms with Gasteiger partial charge in [0.05, 0.1) is 5.69 Å². The normalized spacial score (nSPS) is 11.4. The molecule has 0 aliphatic heterocycles. The van der Waals surface area contributed by atoms with Gasteiger partial charge < -0.3 is 15.2 Å². The van der Waals surface area contributed by atoms with Crippen LogP contribution in [0.3, 0.4) is 0 Å². The summed E-state index contributed by atoms with van der Waals surface area (Å²) in [6, 6.07) is 10.4. The third kappa shape index (κ3) is 7.97. The molecule has 2 heterocycles. The summed E-state index contributed by atoms with van der Waals surface area (Å²) in [6.07, 6.45) is 6.25. The Hall–Kier alpha value is -2.43. The topological polar surface area (TPSA) is 93.2 Å². The van der Waals surface area contributed by atoms with Crippen molar-refractivity contribution in [3.05, 3.63) is 60.0 Å². The summed E-state index contributed by atoms with van der Waals surface area (Å²) in [5.74, 6) is 2.57. The molecule has 9 heteroatoms. The molecule has 0 unspecified atom stereocenters. The minimum atomic E-state index is 0. The van der Waals surface area contributed by atoms with Crippen LogP contribution in [0.15, 0.2) is 52.2 Å². The van der Waals surface area contributed by atoms with Crippen LogP contribution < -0.4 is 10.6 Å². The molecule has 0 bridgehead atoms. The highest BCUT2D eigenvalue weighted by Gasteiger charge is 2.09. The third-order valence-corrected chi connectivity index (χ3v) is 4.57. The first-order chi connectivity index (χ1) is 14.7. The molecular weight excluding hydrogens is 505 g/mol.